The molecular formula is C10H12F3NO2S. The Hall–Kier alpha value is -1.24. The molecule has 0 aromatic heterocycles. The normalized spacial score (nSPS) is 11.5. The molecular weight excluding hydrogens is 255 g/mol. The van der Waals surface area contributed by atoms with Crippen molar-refractivity contribution in [3.8, 4) is 0 Å². The maximum Gasteiger partial charge on any atom is 0.194 e. The van der Waals surface area contributed by atoms with E-state index in [9.17, 15) is 21.6 Å². The van der Waals surface area contributed by atoms with Crippen LogP contribution < -0.4 is 5.32 Å². The molecule has 0 aliphatic carbocycles. The van der Waals surface area contributed by atoms with Crippen molar-refractivity contribution >= 4 is 15.5 Å². The van der Waals surface area contributed by atoms with E-state index in [-0.39, 0.29) is 23.7 Å². The van der Waals surface area contributed by atoms with Crippen LogP contribution >= 0.6 is 0 Å². The van der Waals surface area contributed by atoms with Gasteiger partial charge in [-0.05, 0) is 0 Å². The fourth-order valence-corrected chi connectivity index (χ4v) is 1.85. The van der Waals surface area contributed by atoms with E-state index in [0.717, 1.165) is 12.1 Å². The highest BCUT2D eigenvalue weighted by Crippen LogP contribution is 2.17. The van der Waals surface area contributed by atoms with Gasteiger partial charge in [0.05, 0.1) is 5.75 Å². The van der Waals surface area contributed by atoms with Crippen LogP contribution in [0.25, 0.3) is 0 Å². The third kappa shape index (κ3) is 3.92. The molecule has 0 heterocycles. The van der Waals surface area contributed by atoms with E-state index in [4.69, 9.17) is 0 Å². The maximum atomic E-state index is 12.8. The van der Waals surface area contributed by atoms with Crippen LogP contribution in [0.15, 0.2) is 12.1 Å². The van der Waals surface area contributed by atoms with E-state index in [1.54, 1.807) is 0 Å². The maximum absolute atomic E-state index is 12.8. The smallest absolute Gasteiger partial charge is 0.194 e. The summed E-state index contributed by atoms with van der Waals surface area (Å²) in [5.74, 6) is -4.32. The molecule has 7 heteroatoms. The molecule has 0 unspecified atom stereocenters. The highest BCUT2D eigenvalue weighted by molar-refractivity contribution is 7.91. The molecule has 0 saturated carbocycles. The lowest BCUT2D eigenvalue weighted by Crippen LogP contribution is -2.17. The zero-order valence-corrected chi connectivity index (χ0v) is 9.95. The molecule has 96 valence electrons. The number of halogens is 3. The van der Waals surface area contributed by atoms with Crippen LogP contribution in [0.4, 0.5) is 18.9 Å². The van der Waals surface area contributed by atoms with Gasteiger partial charge in [-0.1, -0.05) is 6.92 Å². The highest BCUT2D eigenvalue weighted by Gasteiger charge is 2.11. The molecule has 1 rings (SSSR count). The second-order valence-corrected chi connectivity index (χ2v) is 5.89. The molecule has 0 aliphatic rings. The number of rotatable bonds is 5. The van der Waals surface area contributed by atoms with Crippen molar-refractivity contribution in [3.05, 3.63) is 29.6 Å². The van der Waals surface area contributed by atoms with E-state index in [2.05, 4.69) is 5.32 Å². The van der Waals surface area contributed by atoms with E-state index in [1.165, 1.54) is 6.92 Å². The van der Waals surface area contributed by atoms with Gasteiger partial charge in [-0.15, -0.1) is 0 Å². The van der Waals surface area contributed by atoms with E-state index < -0.39 is 27.3 Å². The summed E-state index contributed by atoms with van der Waals surface area (Å²) in [6.07, 6.45) is 0. The van der Waals surface area contributed by atoms with Gasteiger partial charge in [-0.3, -0.25) is 0 Å². The third-order valence-corrected chi connectivity index (χ3v) is 3.87. The minimum absolute atomic E-state index is 0.000814. The van der Waals surface area contributed by atoms with Crippen LogP contribution in [0.3, 0.4) is 0 Å². The van der Waals surface area contributed by atoms with Gasteiger partial charge >= 0.3 is 0 Å². The number of hydrogen-bond donors (Lipinski definition) is 1. The topological polar surface area (TPSA) is 46.2 Å². The number of sulfone groups is 1. The largest absolute Gasteiger partial charge is 0.384 e. The first-order valence-corrected chi connectivity index (χ1v) is 6.76. The Bertz CT molecular complexity index is 479. The molecule has 1 N–H and O–H groups in total. The average molecular weight is 267 g/mol. The van der Waals surface area contributed by atoms with Gasteiger partial charge in [0, 0.05) is 30.1 Å². The molecule has 0 amide bonds. The van der Waals surface area contributed by atoms with Crippen molar-refractivity contribution in [2.75, 3.05) is 23.4 Å². The van der Waals surface area contributed by atoms with Gasteiger partial charge < -0.3 is 5.32 Å². The zero-order valence-electron chi connectivity index (χ0n) is 9.13. The molecule has 0 bridgehead atoms. The fraction of sp³-hybridized carbons (Fsp3) is 0.400. The van der Waals surface area contributed by atoms with Crippen molar-refractivity contribution < 1.29 is 21.6 Å². The third-order valence-electron chi connectivity index (χ3n) is 2.17. The van der Waals surface area contributed by atoms with E-state index in [0.29, 0.717) is 0 Å². The first kappa shape index (κ1) is 13.8. The molecule has 1 aromatic carbocycles. The van der Waals surface area contributed by atoms with Crippen molar-refractivity contribution in [2.45, 2.75) is 6.92 Å². The lowest BCUT2D eigenvalue weighted by atomic mass is 10.3. The molecule has 0 fully saturated rings. The Morgan fingerprint density at radius 1 is 1.18 bits per heavy atom. The van der Waals surface area contributed by atoms with Gasteiger partial charge in [0.25, 0.3) is 0 Å². The molecule has 1 aromatic rings. The van der Waals surface area contributed by atoms with E-state index >= 15 is 0 Å². The number of nitrogens with one attached hydrogen (secondary N) is 1. The van der Waals surface area contributed by atoms with Gasteiger partial charge in [0.2, 0.25) is 0 Å². The quantitative estimate of drug-likeness (QED) is 0.829. The van der Waals surface area contributed by atoms with Gasteiger partial charge in [0.15, 0.2) is 27.3 Å². The van der Waals surface area contributed by atoms with Crippen LogP contribution in [0.5, 0.6) is 0 Å². The lowest BCUT2D eigenvalue weighted by Gasteiger charge is -2.07. The zero-order chi connectivity index (χ0) is 13.1. The van der Waals surface area contributed by atoms with Crippen molar-refractivity contribution in [3.63, 3.8) is 0 Å². The Balaban J connectivity index is 2.65. The second kappa shape index (κ2) is 5.39. The van der Waals surface area contributed by atoms with Crippen molar-refractivity contribution in [1.82, 2.24) is 0 Å². The lowest BCUT2D eigenvalue weighted by molar-refractivity contribution is 0.448. The molecule has 0 atom stereocenters. The fourth-order valence-electron chi connectivity index (χ4n) is 1.15. The van der Waals surface area contributed by atoms with Crippen LogP contribution in [0, 0.1) is 17.5 Å². The van der Waals surface area contributed by atoms with Gasteiger partial charge in [-0.25, -0.2) is 21.6 Å². The minimum atomic E-state index is -3.14. The van der Waals surface area contributed by atoms with Gasteiger partial charge in [0.1, 0.15) is 0 Å². The Morgan fingerprint density at radius 3 is 2.18 bits per heavy atom. The summed E-state index contributed by atoms with van der Waals surface area (Å²) in [5.41, 5.74) is 0.00713. The predicted octanol–water partition coefficient (Wildman–Crippen LogP) is 1.95. The second-order valence-electron chi connectivity index (χ2n) is 3.42. The van der Waals surface area contributed by atoms with E-state index in [1.807, 2.05) is 0 Å². The predicted molar refractivity (Wildman–Crippen MR) is 59.1 cm³/mol. The SMILES string of the molecule is CCS(=O)(=O)CCNc1cc(F)c(F)c(F)c1. The summed E-state index contributed by atoms with van der Waals surface area (Å²) < 4.78 is 60.5. The number of anilines is 1. The summed E-state index contributed by atoms with van der Waals surface area (Å²) in [6, 6.07) is 1.55. The summed E-state index contributed by atoms with van der Waals surface area (Å²) in [4.78, 5) is 0. The first-order valence-electron chi connectivity index (χ1n) is 4.94. The van der Waals surface area contributed by atoms with Crippen LogP contribution in [0.2, 0.25) is 0 Å². The molecule has 0 radical (unpaired) electrons. The van der Waals surface area contributed by atoms with Crippen LogP contribution in [-0.4, -0.2) is 26.5 Å². The van der Waals surface area contributed by atoms with Crippen molar-refractivity contribution in [1.29, 1.82) is 0 Å². The Kier molecular flexibility index (Phi) is 4.39. The number of benzene rings is 1. The van der Waals surface area contributed by atoms with Gasteiger partial charge in [-0.2, -0.15) is 0 Å². The van der Waals surface area contributed by atoms with Crippen molar-refractivity contribution in [2.24, 2.45) is 0 Å². The first-order chi connectivity index (χ1) is 7.85. The molecule has 0 saturated heterocycles. The summed E-state index contributed by atoms with van der Waals surface area (Å²) in [6.45, 7) is 1.52. The minimum Gasteiger partial charge on any atom is -0.384 e. The summed E-state index contributed by atoms with van der Waals surface area (Å²) >= 11 is 0. The standard InChI is InChI=1S/C10H12F3NO2S/c1-2-17(15,16)4-3-14-7-5-8(11)10(13)9(12)6-7/h5-6,14H,2-4H2,1H3. The summed E-state index contributed by atoms with van der Waals surface area (Å²) in [7, 11) is -3.14. The average Bonchev–Trinajstić information content (AvgIpc) is 2.25. The highest BCUT2D eigenvalue weighted by atomic mass is 32.2. The molecule has 17 heavy (non-hydrogen) atoms. The number of hydrogen-bond acceptors (Lipinski definition) is 3. The van der Waals surface area contributed by atoms with Crippen LogP contribution in [-0.2, 0) is 9.84 Å². The monoisotopic (exact) mass is 267 g/mol. The molecule has 0 aliphatic heterocycles. The summed E-state index contributed by atoms with van der Waals surface area (Å²) in [5, 5.41) is 2.52. The Morgan fingerprint density at radius 2 is 1.71 bits per heavy atom. The molecule has 0 spiro atoms. The van der Waals surface area contributed by atoms with Crippen LogP contribution in [0.1, 0.15) is 6.92 Å². The molecule has 3 nitrogen and oxygen atoms in total. The Labute approximate surface area is 97.6 Å².